The topological polar surface area (TPSA) is 63.8 Å². The normalized spacial score (nSPS) is 9.92. The molecule has 3 N–H and O–H groups in total. The molecule has 4 nitrogen and oxygen atoms in total. The first-order valence-corrected chi connectivity index (χ1v) is 4.05. The van der Waals surface area contributed by atoms with Gasteiger partial charge in [0.1, 0.15) is 16.8 Å². The van der Waals surface area contributed by atoms with E-state index in [4.69, 9.17) is 17.3 Å². The fraction of sp³-hybridized carbons (Fsp3) is 0.429. The van der Waals surface area contributed by atoms with Crippen molar-refractivity contribution >= 4 is 17.4 Å². The van der Waals surface area contributed by atoms with E-state index in [1.54, 1.807) is 13.0 Å². The maximum absolute atomic E-state index is 5.71. The first-order chi connectivity index (χ1) is 5.72. The zero-order valence-corrected chi connectivity index (χ0v) is 7.60. The average Bonchev–Trinajstić information content (AvgIpc) is 1.99. The number of anilines is 1. The molecule has 1 aromatic rings. The third-order valence-electron chi connectivity index (χ3n) is 1.26. The van der Waals surface area contributed by atoms with Crippen LogP contribution in [0.15, 0.2) is 6.07 Å². The van der Waals surface area contributed by atoms with Gasteiger partial charge in [-0.1, -0.05) is 11.6 Å². The van der Waals surface area contributed by atoms with Crippen LogP contribution in [0.1, 0.15) is 5.82 Å². The van der Waals surface area contributed by atoms with Crippen molar-refractivity contribution in [1.29, 1.82) is 0 Å². The van der Waals surface area contributed by atoms with E-state index >= 15 is 0 Å². The van der Waals surface area contributed by atoms with Gasteiger partial charge >= 0.3 is 0 Å². The van der Waals surface area contributed by atoms with Crippen molar-refractivity contribution in [1.82, 2.24) is 9.97 Å². The summed E-state index contributed by atoms with van der Waals surface area (Å²) in [5.74, 6) is 1.37. The van der Waals surface area contributed by atoms with Gasteiger partial charge in [-0.2, -0.15) is 0 Å². The minimum absolute atomic E-state index is 0.446. The molecule has 0 amide bonds. The van der Waals surface area contributed by atoms with Gasteiger partial charge < -0.3 is 11.1 Å². The molecule has 12 heavy (non-hydrogen) atoms. The number of hydrogen-bond donors (Lipinski definition) is 2. The third kappa shape index (κ3) is 2.64. The van der Waals surface area contributed by atoms with Crippen molar-refractivity contribution in [2.75, 3.05) is 18.4 Å². The number of nitrogens with zero attached hydrogens (tertiary/aromatic N) is 2. The van der Waals surface area contributed by atoms with Crippen molar-refractivity contribution in [2.24, 2.45) is 5.73 Å². The molecule has 1 aromatic heterocycles. The SMILES string of the molecule is Cc1nc(Cl)cc(NCCN)n1. The second kappa shape index (κ2) is 4.23. The molecule has 0 spiro atoms. The lowest BCUT2D eigenvalue weighted by Crippen LogP contribution is -2.14. The number of halogens is 1. The van der Waals surface area contributed by atoms with E-state index in [9.17, 15) is 0 Å². The first-order valence-electron chi connectivity index (χ1n) is 3.67. The van der Waals surface area contributed by atoms with E-state index in [1.165, 1.54) is 0 Å². The van der Waals surface area contributed by atoms with Gasteiger partial charge in [0.2, 0.25) is 0 Å². The summed E-state index contributed by atoms with van der Waals surface area (Å²) in [5, 5.41) is 3.46. The predicted molar refractivity (Wildman–Crippen MR) is 49.3 cm³/mol. The molecular formula is C7H11ClN4. The fourth-order valence-corrected chi connectivity index (χ4v) is 1.05. The molecule has 0 aliphatic heterocycles. The Morgan fingerprint density at radius 3 is 2.92 bits per heavy atom. The van der Waals surface area contributed by atoms with Gasteiger partial charge in [-0.3, -0.25) is 0 Å². The molecule has 1 rings (SSSR count). The summed E-state index contributed by atoms with van der Waals surface area (Å²) in [6.45, 7) is 3.05. The molecular weight excluding hydrogens is 176 g/mol. The largest absolute Gasteiger partial charge is 0.369 e. The zero-order valence-electron chi connectivity index (χ0n) is 6.84. The molecule has 0 atom stereocenters. The van der Waals surface area contributed by atoms with Gasteiger partial charge in [0.05, 0.1) is 0 Å². The Hall–Kier alpha value is -0.870. The first kappa shape index (κ1) is 9.22. The summed E-state index contributed by atoms with van der Waals surface area (Å²) >= 11 is 5.71. The quantitative estimate of drug-likeness (QED) is 0.686. The Bertz CT molecular complexity index is 243. The Labute approximate surface area is 76.2 Å². The lowest BCUT2D eigenvalue weighted by Gasteiger charge is -2.03. The lowest BCUT2D eigenvalue weighted by molar-refractivity contribution is 0.986. The van der Waals surface area contributed by atoms with E-state index < -0.39 is 0 Å². The molecule has 0 aliphatic carbocycles. The zero-order chi connectivity index (χ0) is 8.97. The van der Waals surface area contributed by atoms with Gasteiger partial charge in [0.15, 0.2) is 0 Å². The molecule has 0 fully saturated rings. The highest BCUT2D eigenvalue weighted by Crippen LogP contribution is 2.10. The molecule has 0 bridgehead atoms. The number of hydrogen-bond acceptors (Lipinski definition) is 4. The van der Waals surface area contributed by atoms with Crippen LogP contribution in [0, 0.1) is 6.92 Å². The van der Waals surface area contributed by atoms with Gasteiger partial charge in [0.25, 0.3) is 0 Å². The molecule has 0 aromatic carbocycles. The number of nitrogens with one attached hydrogen (secondary N) is 1. The highest BCUT2D eigenvalue weighted by atomic mass is 35.5. The number of rotatable bonds is 3. The summed E-state index contributed by atoms with van der Waals surface area (Å²) in [5.41, 5.74) is 5.31. The number of aromatic nitrogens is 2. The van der Waals surface area contributed by atoms with Crippen molar-refractivity contribution < 1.29 is 0 Å². The van der Waals surface area contributed by atoms with Crippen LogP contribution in [-0.4, -0.2) is 23.1 Å². The Morgan fingerprint density at radius 2 is 2.33 bits per heavy atom. The maximum Gasteiger partial charge on any atom is 0.134 e. The van der Waals surface area contributed by atoms with Gasteiger partial charge in [-0.05, 0) is 6.92 Å². The van der Waals surface area contributed by atoms with Crippen LogP contribution in [0.4, 0.5) is 5.82 Å². The summed E-state index contributed by atoms with van der Waals surface area (Å²) < 4.78 is 0. The molecule has 5 heteroatoms. The molecule has 0 saturated heterocycles. The second-order valence-electron chi connectivity index (χ2n) is 2.34. The standard InChI is InChI=1S/C7H11ClN4/c1-5-11-6(8)4-7(12-5)10-3-2-9/h4H,2-3,9H2,1H3,(H,10,11,12). The minimum Gasteiger partial charge on any atom is -0.369 e. The van der Waals surface area contributed by atoms with Crippen LogP contribution < -0.4 is 11.1 Å². The van der Waals surface area contributed by atoms with E-state index in [0.717, 1.165) is 5.82 Å². The van der Waals surface area contributed by atoms with Gasteiger partial charge in [0, 0.05) is 19.2 Å². The van der Waals surface area contributed by atoms with E-state index in [1.807, 2.05) is 0 Å². The summed E-state index contributed by atoms with van der Waals surface area (Å²) in [7, 11) is 0. The predicted octanol–water partition coefficient (Wildman–Crippen LogP) is 0.809. The van der Waals surface area contributed by atoms with E-state index in [0.29, 0.717) is 24.1 Å². The van der Waals surface area contributed by atoms with Gasteiger partial charge in [-0.15, -0.1) is 0 Å². The molecule has 66 valence electrons. The molecule has 0 saturated carbocycles. The van der Waals surface area contributed by atoms with E-state index in [-0.39, 0.29) is 0 Å². The Morgan fingerprint density at radius 1 is 1.58 bits per heavy atom. The average molecular weight is 187 g/mol. The monoisotopic (exact) mass is 186 g/mol. The summed E-state index contributed by atoms with van der Waals surface area (Å²) in [6.07, 6.45) is 0. The van der Waals surface area contributed by atoms with E-state index in [2.05, 4.69) is 15.3 Å². The Kier molecular flexibility index (Phi) is 3.25. The fourth-order valence-electron chi connectivity index (χ4n) is 0.822. The van der Waals surface area contributed by atoms with Crippen LogP contribution >= 0.6 is 11.6 Å². The molecule has 0 aliphatic rings. The van der Waals surface area contributed by atoms with Crippen molar-refractivity contribution in [2.45, 2.75) is 6.92 Å². The molecule has 0 unspecified atom stereocenters. The van der Waals surface area contributed by atoms with Crippen molar-refractivity contribution in [3.05, 3.63) is 17.0 Å². The summed E-state index contributed by atoms with van der Waals surface area (Å²) in [4.78, 5) is 8.03. The van der Waals surface area contributed by atoms with Crippen LogP contribution in [0.25, 0.3) is 0 Å². The number of nitrogens with two attached hydrogens (primary N) is 1. The molecule has 0 radical (unpaired) electrons. The highest BCUT2D eigenvalue weighted by molar-refractivity contribution is 6.29. The van der Waals surface area contributed by atoms with Gasteiger partial charge in [-0.25, -0.2) is 9.97 Å². The highest BCUT2D eigenvalue weighted by Gasteiger charge is 1.97. The minimum atomic E-state index is 0.446. The number of aryl methyl sites for hydroxylation is 1. The summed E-state index contributed by atoms with van der Waals surface area (Å²) in [6, 6.07) is 1.67. The lowest BCUT2D eigenvalue weighted by atomic mass is 10.5. The smallest absolute Gasteiger partial charge is 0.134 e. The maximum atomic E-state index is 5.71. The van der Waals surface area contributed by atoms with Crippen molar-refractivity contribution in [3.63, 3.8) is 0 Å². The molecule has 1 heterocycles. The van der Waals surface area contributed by atoms with Crippen molar-refractivity contribution in [3.8, 4) is 0 Å². The Balaban J connectivity index is 2.72. The van der Waals surface area contributed by atoms with Crippen LogP contribution in [0.2, 0.25) is 5.15 Å². The van der Waals surface area contributed by atoms with Crippen LogP contribution in [0.3, 0.4) is 0 Å². The third-order valence-corrected chi connectivity index (χ3v) is 1.45. The van der Waals surface area contributed by atoms with Crippen LogP contribution in [-0.2, 0) is 0 Å². The second-order valence-corrected chi connectivity index (χ2v) is 2.73. The van der Waals surface area contributed by atoms with Crippen LogP contribution in [0.5, 0.6) is 0 Å².